The molecule has 0 aliphatic carbocycles. The molecule has 0 spiro atoms. The number of carbonyl (C=O) groups excluding carboxylic acids is 1. The minimum atomic E-state index is -1.25. The van der Waals surface area contributed by atoms with Gasteiger partial charge in [0.1, 0.15) is 11.3 Å². The van der Waals surface area contributed by atoms with E-state index in [1.165, 1.54) is 12.1 Å². The van der Waals surface area contributed by atoms with Crippen LogP contribution in [0.15, 0.2) is 42.5 Å². The SMILES string of the molecule is O=C(Nc1cccc(Cl)c1)Nc1ccc(C(=O)O)c(O)c1. The molecule has 2 aromatic carbocycles. The summed E-state index contributed by atoms with van der Waals surface area (Å²) in [5.74, 6) is -1.68. The maximum absolute atomic E-state index is 11.8. The van der Waals surface area contributed by atoms with Crippen molar-refractivity contribution < 1.29 is 19.8 Å². The Morgan fingerprint density at radius 3 is 2.24 bits per heavy atom. The molecule has 0 bridgehead atoms. The van der Waals surface area contributed by atoms with E-state index in [4.69, 9.17) is 16.7 Å². The van der Waals surface area contributed by atoms with Crippen molar-refractivity contribution in [1.82, 2.24) is 0 Å². The lowest BCUT2D eigenvalue weighted by Crippen LogP contribution is -2.19. The Morgan fingerprint density at radius 1 is 1.00 bits per heavy atom. The van der Waals surface area contributed by atoms with Gasteiger partial charge in [-0.1, -0.05) is 17.7 Å². The van der Waals surface area contributed by atoms with Crippen molar-refractivity contribution in [2.24, 2.45) is 0 Å². The van der Waals surface area contributed by atoms with Gasteiger partial charge in [-0.25, -0.2) is 9.59 Å². The standard InChI is InChI=1S/C14H11ClN2O4/c15-8-2-1-3-9(6-8)16-14(21)17-10-4-5-11(13(19)20)12(18)7-10/h1-7,18H,(H,19,20)(H2,16,17,21). The van der Waals surface area contributed by atoms with Crippen LogP contribution in [-0.2, 0) is 0 Å². The molecule has 4 N–H and O–H groups in total. The first-order valence-electron chi connectivity index (χ1n) is 5.85. The van der Waals surface area contributed by atoms with Crippen LogP contribution >= 0.6 is 11.6 Å². The lowest BCUT2D eigenvalue weighted by atomic mass is 10.2. The number of carbonyl (C=O) groups is 2. The van der Waals surface area contributed by atoms with E-state index < -0.39 is 17.7 Å². The third kappa shape index (κ3) is 3.87. The molecule has 7 heteroatoms. The van der Waals surface area contributed by atoms with Gasteiger partial charge >= 0.3 is 12.0 Å². The number of phenols is 1. The second kappa shape index (κ2) is 6.15. The number of anilines is 2. The summed E-state index contributed by atoms with van der Waals surface area (Å²) in [5.41, 5.74) is 0.527. The number of urea groups is 1. The second-order valence-corrected chi connectivity index (χ2v) is 4.56. The molecule has 0 unspecified atom stereocenters. The quantitative estimate of drug-likeness (QED) is 0.698. The summed E-state index contributed by atoms with van der Waals surface area (Å²) in [6.07, 6.45) is 0. The summed E-state index contributed by atoms with van der Waals surface area (Å²) >= 11 is 5.80. The number of hydrogen-bond donors (Lipinski definition) is 4. The van der Waals surface area contributed by atoms with Gasteiger partial charge in [-0.15, -0.1) is 0 Å². The monoisotopic (exact) mass is 306 g/mol. The first-order chi connectivity index (χ1) is 9.95. The predicted octanol–water partition coefficient (Wildman–Crippen LogP) is 3.39. The number of aromatic carboxylic acids is 1. The van der Waals surface area contributed by atoms with Gasteiger partial charge in [-0.3, -0.25) is 0 Å². The van der Waals surface area contributed by atoms with E-state index in [2.05, 4.69) is 10.6 Å². The van der Waals surface area contributed by atoms with Crippen LogP contribution in [0.2, 0.25) is 5.02 Å². The summed E-state index contributed by atoms with van der Waals surface area (Å²) in [5, 5.41) is 23.8. The number of nitrogens with one attached hydrogen (secondary N) is 2. The largest absolute Gasteiger partial charge is 0.507 e. The van der Waals surface area contributed by atoms with E-state index >= 15 is 0 Å². The highest BCUT2D eigenvalue weighted by Crippen LogP contribution is 2.22. The summed E-state index contributed by atoms with van der Waals surface area (Å²) in [6, 6.07) is 9.79. The molecule has 0 fully saturated rings. The van der Waals surface area contributed by atoms with Crippen molar-refractivity contribution in [3.05, 3.63) is 53.1 Å². The van der Waals surface area contributed by atoms with Crippen molar-refractivity contribution in [1.29, 1.82) is 0 Å². The van der Waals surface area contributed by atoms with E-state index in [0.29, 0.717) is 10.7 Å². The van der Waals surface area contributed by atoms with Crippen molar-refractivity contribution in [3.8, 4) is 5.75 Å². The zero-order chi connectivity index (χ0) is 15.4. The summed E-state index contributed by atoms with van der Waals surface area (Å²) < 4.78 is 0. The average Bonchev–Trinajstić information content (AvgIpc) is 2.38. The lowest BCUT2D eigenvalue weighted by molar-refractivity contribution is 0.0694. The van der Waals surface area contributed by atoms with Crippen LogP contribution in [0.4, 0.5) is 16.2 Å². The van der Waals surface area contributed by atoms with E-state index in [1.54, 1.807) is 24.3 Å². The van der Waals surface area contributed by atoms with Crippen LogP contribution in [0.25, 0.3) is 0 Å². The molecule has 0 aliphatic rings. The third-order valence-corrected chi connectivity index (χ3v) is 2.80. The zero-order valence-corrected chi connectivity index (χ0v) is 11.4. The number of rotatable bonds is 3. The molecule has 0 atom stereocenters. The van der Waals surface area contributed by atoms with E-state index in [0.717, 1.165) is 6.07 Å². The Bertz CT molecular complexity index is 703. The number of carboxylic acid groups (broad SMARTS) is 1. The molecule has 21 heavy (non-hydrogen) atoms. The number of hydrogen-bond acceptors (Lipinski definition) is 3. The molecule has 0 aliphatic heterocycles. The normalized spacial score (nSPS) is 9.95. The Labute approximate surface area is 125 Å². The Kier molecular flexibility index (Phi) is 4.30. The molecule has 0 heterocycles. The smallest absolute Gasteiger partial charge is 0.339 e. The van der Waals surface area contributed by atoms with Gasteiger partial charge in [0.05, 0.1) is 0 Å². The van der Waals surface area contributed by atoms with Gasteiger partial charge in [-0.05, 0) is 30.3 Å². The predicted molar refractivity (Wildman–Crippen MR) is 79.2 cm³/mol. The van der Waals surface area contributed by atoms with E-state index in [-0.39, 0.29) is 11.3 Å². The van der Waals surface area contributed by atoms with Gasteiger partial charge in [0.25, 0.3) is 0 Å². The minimum absolute atomic E-state index is 0.240. The van der Waals surface area contributed by atoms with Crippen LogP contribution in [-0.4, -0.2) is 22.2 Å². The Balaban J connectivity index is 2.06. The van der Waals surface area contributed by atoms with Gasteiger partial charge in [0.15, 0.2) is 0 Å². The van der Waals surface area contributed by atoms with Gasteiger partial charge in [-0.2, -0.15) is 0 Å². The fourth-order valence-electron chi connectivity index (χ4n) is 1.65. The first-order valence-corrected chi connectivity index (χ1v) is 6.23. The van der Waals surface area contributed by atoms with Crippen LogP contribution < -0.4 is 10.6 Å². The molecule has 6 nitrogen and oxygen atoms in total. The fourth-order valence-corrected chi connectivity index (χ4v) is 1.84. The third-order valence-electron chi connectivity index (χ3n) is 2.57. The summed E-state index contributed by atoms with van der Waals surface area (Å²) in [4.78, 5) is 22.5. The summed E-state index contributed by atoms with van der Waals surface area (Å²) in [7, 11) is 0. The van der Waals surface area contributed by atoms with Crippen LogP contribution in [0.3, 0.4) is 0 Å². The molecule has 2 amide bonds. The highest BCUT2D eigenvalue weighted by atomic mass is 35.5. The lowest BCUT2D eigenvalue weighted by Gasteiger charge is -2.09. The molecule has 0 radical (unpaired) electrons. The molecule has 0 saturated carbocycles. The number of benzene rings is 2. The van der Waals surface area contributed by atoms with Gasteiger partial charge < -0.3 is 20.8 Å². The number of aromatic hydroxyl groups is 1. The molecule has 2 rings (SSSR count). The Hall–Kier alpha value is -2.73. The molecule has 0 saturated heterocycles. The number of amides is 2. The van der Waals surface area contributed by atoms with Gasteiger partial charge in [0.2, 0.25) is 0 Å². The van der Waals surface area contributed by atoms with Crippen LogP contribution in [0, 0.1) is 0 Å². The molecule has 0 aromatic heterocycles. The van der Waals surface area contributed by atoms with Crippen molar-refractivity contribution in [2.45, 2.75) is 0 Å². The van der Waals surface area contributed by atoms with E-state index in [9.17, 15) is 14.7 Å². The van der Waals surface area contributed by atoms with Crippen LogP contribution in [0.1, 0.15) is 10.4 Å². The maximum atomic E-state index is 11.8. The average molecular weight is 307 g/mol. The maximum Gasteiger partial charge on any atom is 0.339 e. The fraction of sp³-hybridized carbons (Fsp3) is 0. The molecule has 108 valence electrons. The van der Waals surface area contributed by atoms with Crippen LogP contribution in [0.5, 0.6) is 5.75 Å². The van der Waals surface area contributed by atoms with Crippen molar-refractivity contribution in [2.75, 3.05) is 10.6 Å². The van der Waals surface area contributed by atoms with Crippen molar-refractivity contribution in [3.63, 3.8) is 0 Å². The highest BCUT2D eigenvalue weighted by Gasteiger charge is 2.11. The van der Waals surface area contributed by atoms with Gasteiger partial charge in [0, 0.05) is 22.5 Å². The minimum Gasteiger partial charge on any atom is -0.507 e. The van der Waals surface area contributed by atoms with Crippen molar-refractivity contribution >= 4 is 35.0 Å². The molecular formula is C14H11ClN2O4. The van der Waals surface area contributed by atoms with E-state index in [1.807, 2.05) is 0 Å². The molecular weight excluding hydrogens is 296 g/mol. The number of carboxylic acids is 1. The Morgan fingerprint density at radius 2 is 1.67 bits per heavy atom. The topological polar surface area (TPSA) is 98.7 Å². The second-order valence-electron chi connectivity index (χ2n) is 4.13. The number of halogens is 1. The zero-order valence-electron chi connectivity index (χ0n) is 10.6. The first kappa shape index (κ1) is 14.7. The highest BCUT2D eigenvalue weighted by molar-refractivity contribution is 6.30. The molecule has 2 aromatic rings. The summed E-state index contributed by atoms with van der Waals surface area (Å²) in [6.45, 7) is 0.